The maximum absolute atomic E-state index is 2.59. The molecule has 218 valence electrons. The minimum absolute atomic E-state index is 1.09. The number of para-hydroxylation sites is 2. The summed E-state index contributed by atoms with van der Waals surface area (Å²) in [4.78, 5) is 0. The summed E-state index contributed by atoms with van der Waals surface area (Å²) in [6.07, 6.45) is 15.9. The molecule has 4 aromatic carbocycles. The summed E-state index contributed by atoms with van der Waals surface area (Å²) in [7, 11) is 0. The highest BCUT2D eigenvalue weighted by molar-refractivity contribution is 6.11. The van der Waals surface area contributed by atoms with Crippen molar-refractivity contribution in [1.29, 1.82) is 0 Å². The lowest BCUT2D eigenvalue weighted by molar-refractivity contribution is 0.571. The maximum Gasteiger partial charge on any atom is 0.0497 e. The van der Waals surface area contributed by atoms with Crippen LogP contribution in [-0.4, -0.2) is 9.13 Å². The predicted molar refractivity (Wildman–Crippen MR) is 185 cm³/mol. The number of hydrogen-bond donors (Lipinski definition) is 0. The van der Waals surface area contributed by atoms with Crippen molar-refractivity contribution >= 4 is 43.6 Å². The molecule has 0 spiro atoms. The van der Waals surface area contributed by atoms with Gasteiger partial charge in [0.1, 0.15) is 0 Å². The zero-order valence-electron chi connectivity index (χ0n) is 25.9. The summed E-state index contributed by atoms with van der Waals surface area (Å²) >= 11 is 0. The zero-order chi connectivity index (χ0) is 28.7. The van der Waals surface area contributed by atoms with Gasteiger partial charge in [0, 0.05) is 56.7 Å². The van der Waals surface area contributed by atoms with E-state index in [-0.39, 0.29) is 0 Å². The predicted octanol–water partition coefficient (Wildman–Crippen LogP) is 12.3. The first-order chi connectivity index (χ1) is 20.8. The number of unbranched alkanes of at least 4 members (excludes halogenated alkanes) is 10. The number of rotatable bonds is 15. The summed E-state index contributed by atoms with van der Waals surface area (Å²) in [5.74, 6) is 0. The molecule has 0 unspecified atom stereocenters. The molecule has 0 saturated heterocycles. The van der Waals surface area contributed by atoms with E-state index >= 15 is 0 Å². The monoisotopic (exact) mass is 556 g/mol. The number of hydrogen-bond acceptors (Lipinski definition) is 0. The van der Waals surface area contributed by atoms with Gasteiger partial charge in [0.15, 0.2) is 0 Å². The van der Waals surface area contributed by atoms with Gasteiger partial charge in [-0.1, -0.05) is 139 Å². The molecule has 2 heterocycles. The van der Waals surface area contributed by atoms with Crippen LogP contribution in [0.15, 0.2) is 84.9 Å². The summed E-state index contributed by atoms with van der Waals surface area (Å²) in [5, 5.41) is 5.50. The maximum atomic E-state index is 2.59. The molecule has 0 radical (unpaired) electrons. The molecule has 0 atom stereocenters. The van der Waals surface area contributed by atoms with Crippen molar-refractivity contribution < 1.29 is 0 Å². The Morgan fingerprint density at radius 2 is 0.762 bits per heavy atom. The highest BCUT2D eigenvalue weighted by atomic mass is 15.0. The Morgan fingerprint density at radius 3 is 1.21 bits per heavy atom. The fraction of sp³-hybridized carbons (Fsp3) is 0.400. The van der Waals surface area contributed by atoms with E-state index in [9.17, 15) is 0 Å². The molecular formula is C40H48N2. The van der Waals surface area contributed by atoms with Crippen LogP contribution in [0, 0.1) is 0 Å². The second-order valence-corrected chi connectivity index (χ2v) is 12.3. The minimum atomic E-state index is 1.09. The van der Waals surface area contributed by atoms with Gasteiger partial charge >= 0.3 is 0 Å². The molecule has 0 N–H and O–H groups in total. The molecule has 2 aromatic heterocycles. The van der Waals surface area contributed by atoms with E-state index in [1.807, 2.05) is 0 Å². The second-order valence-electron chi connectivity index (χ2n) is 12.3. The Bertz CT molecular complexity index is 1630. The third kappa shape index (κ3) is 5.87. The fourth-order valence-corrected chi connectivity index (χ4v) is 7.04. The van der Waals surface area contributed by atoms with Crippen LogP contribution in [0.1, 0.15) is 90.9 Å². The van der Waals surface area contributed by atoms with Gasteiger partial charge in [-0.15, -0.1) is 0 Å². The Kier molecular flexibility index (Phi) is 9.28. The van der Waals surface area contributed by atoms with Crippen LogP contribution in [0.25, 0.3) is 54.7 Å². The van der Waals surface area contributed by atoms with Crippen molar-refractivity contribution in [3.05, 3.63) is 84.9 Å². The molecule has 2 nitrogen and oxygen atoms in total. The molecule has 0 aliphatic carbocycles. The van der Waals surface area contributed by atoms with Gasteiger partial charge in [0.25, 0.3) is 0 Å². The number of benzene rings is 4. The van der Waals surface area contributed by atoms with Gasteiger partial charge in [0.05, 0.1) is 0 Å². The Labute approximate surface area is 252 Å². The molecule has 0 aliphatic heterocycles. The molecule has 0 fully saturated rings. The van der Waals surface area contributed by atoms with Gasteiger partial charge in [-0.3, -0.25) is 0 Å². The first kappa shape index (κ1) is 28.6. The quantitative estimate of drug-likeness (QED) is 0.111. The summed E-state index contributed by atoms with van der Waals surface area (Å²) < 4.78 is 5.17. The number of aryl methyl sites for hydroxylation is 2. The summed E-state index contributed by atoms with van der Waals surface area (Å²) in [6, 6.07) is 32.2. The lowest BCUT2D eigenvalue weighted by atomic mass is 10.0. The van der Waals surface area contributed by atoms with Crippen LogP contribution in [0.3, 0.4) is 0 Å². The van der Waals surface area contributed by atoms with Crippen molar-refractivity contribution in [3.8, 4) is 11.1 Å². The molecule has 6 aromatic rings. The SMILES string of the molecule is CCCCCCCCn1c2ccccc2c2ccc(-c3ccc4c5ccccc5n(CCCCCCCC)c4c3)cc21. The second kappa shape index (κ2) is 13.6. The van der Waals surface area contributed by atoms with Crippen LogP contribution in [0.5, 0.6) is 0 Å². The first-order valence-corrected chi connectivity index (χ1v) is 16.8. The molecule has 2 heteroatoms. The summed E-state index contributed by atoms with van der Waals surface area (Å²) in [5.41, 5.74) is 8.10. The standard InChI is InChI=1S/C40H48N2/c1-3-5-7-9-11-17-27-41-37-21-15-13-19-33(37)35-25-23-31(29-39(35)41)32-24-26-36-34-20-14-16-22-38(34)42(40(36)30-32)28-18-12-10-8-6-4-2/h13-16,19-26,29-30H,3-12,17-18,27-28H2,1-2H3. The van der Waals surface area contributed by atoms with Crippen LogP contribution in [0.4, 0.5) is 0 Å². The lowest BCUT2D eigenvalue weighted by Crippen LogP contribution is -1.98. The third-order valence-electron chi connectivity index (χ3n) is 9.35. The van der Waals surface area contributed by atoms with E-state index in [4.69, 9.17) is 0 Å². The van der Waals surface area contributed by atoms with Crippen molar-refractivity contribution in [3.63, 3.8) is 0 Å². The van der Waals surface area contributed by atoms with Crippen LogP contribution >= 0.6 is 0 Å². The normalized spacial score (nSPS) is 12.0. The van der Waals surface area contributed by atoms with Gasteiger partial charge in [-0.25, -0.2) is 0 Å². The molecule has 0 aliphatic rings. The van der Waals surface area contributed by atoms with Crippen molar-refractivity contribution in [1.82, 2.24) is 9.13 Å². The van der Waals surface area contributed by atoms with Gasteiger partial charge in [-0.2, -0.15) is 0 Å². The Morgan fingerprint density at radius 1 is 0.381 bits per heavy atom. The zero-order valence-corrected chi connectivity index (χ0v) is 25.9. The number of aromatic nitrogens is 2. The fourth-order valence-electron chi connectivity index (χ4n) is 7.04. The molecule has 0 bridgehead atoms. The van der Waals surface area contributed by atoms with Gasteiger partial charge in [-0.05, 0) is 48.2 Å². The van der Waals surface area contributed by atoms with Crippen molar-refractivity contribution in [2.24, 2.45) is 0 Å². The van der Waals surface area contributed by atoms with E-state index in [2.05, 4.69) is 108 Å². The molecular weight excluding hydrogens is 508 g/mol. The van der Waals surface area contributed by atoms with E-state index in [1.165, 1.54) is 132 Å². The van der Waals surface area contributed by atoms with E-state index < -0.39 is 0 Å². The van der Waals surface area contributed by atoms with Crippen LogP contribution < -0.4 is 0 Å². The largest absolute Gasteiger partial charge is 0.340 e. The average molecular weight is 557 g/mol. The van der Waals surface area contributed by atoms with Crippen LogP contribution in [-0.2, 0) is 13.1 Å². The highest BCUT2D eigenvalue weighted by Crippen LogP contribution is 2.36. The molecule has 42 heavy (non-hydrogen) atoms. The first-order valence-electron chi connectivity index (χ1n) is 16.8. The van der Waals surface area contributed by atoms with E-state index in [0.29, 0.717) is 0 Å². The smallest absolute Gasteiger partial charge is 0.0497 e. The van der Waals surface area contributed by atoms with Crippen LogP contribution in [0.2, 0.25) is 0 Å². The third-order valence-corrected chi connectivity index (χ3v) is 9.35. The highest BCUT2D eigenvalue weighted by Gasteiger charge is 2.14. The van der Waals surface area contributed by atoms with Gasteiger partial charge in [0.2, 0.25) is 0 Å². The minimum Gasteiger partial charge on any atom is -0.340 e. The lowest BCUT2D eigenvalue weighted by Gasteiger charge is -2.10. The van der Waals surface area contributed by atoms with Crippen molar-refractivity contribution in [2.45, 2.75) is 104 Å². The van der Waals surface area contributed by atoms with E-state index in [1.54, 1.807) is 0 Å². The summed E-state index contributed by atoms with van der Waals surface area (Å²) in [6.45, 7) is 6.77. The Balaban J connectivity index is 1.34. The average Bonchev–Trinajstić information content (AvgIpc) is 3.52. The molecule has 6 rings (SSSR count). The number of nitrogens with zero attached hydrogens (tertiary/aromatic N) is 2. The van der Waals surface area contributed by atoms with Crippen molar-refractivity contribution in [2.75, 3.05) is 0 Å². The molecule has 0 amide bonds. The number of fused-ring (bicyclic) bond motifs is 6. The van der Waals surface area contributed by atoms with E-state index in [0.717, 1.165) is 13.1 Å². The topological polar surface area (TPSA) is 9.86 Å². The molecule has 0 saturated carbocycles. The Hall–Kier alpha value is -3.52. The van der Waals surface area contributed by atoms with Gasteiger partial charge < -0.3 is 9.13 Å².